The van der Waals surface area contributed by atoms with Crippen LogP contribution in [-0.2, 0) is 4.74 Å². The van der Waals surface area contributed by atoms with Crippen molar-refractivity contribution in [3.8, 4) is 12.3 Å². The van der Waals surface area contributed by atoms with E-state index in [0.29, 0.717) is 0 Å². The van der Waals surface area contributed by atoms with Gasteiger partial charge in [-0.05, 0) is 0 Å². The summed E-state index contributed by atoms with van der Waals surface area (Å²) in [7, 11) is 0. The predicted octanol–water partition coefficient (Wildman–Crippen LogP) is -2.54. The van der Waals surface area contributed by atoms with Gasteiger partial charge < -0.3 is 25.2 Å². The summed E-state index contributed by atoms with van der Waals surface area (Å²) >= 11 is 0. The molecule has 13 heavy (non-hydrogen) atoms. The van der Waals surface area contributed by atoms with Gasteiger partial charge in [0.1, 0.15) is 30.5 Å². The third-order valence-electron chi connectivity index (χ3n) is 2.06. The maximum absolute atomic E-state index is 9.26. The highest BCUT2D eigenvalue weighted by atomic mass is 16.5. The smallest absolute Gasteiger partial charge is 0.146 e. The number of ether oxygens (including phenoxy) is 1. The third kappa shape index (κ3) is 1.82. The van der Waals surface area contributed by atoms with E-state index in [1.807, 2.05) is 0 Å². The van der Waals surface area contributed by atoms with Gasteiger partial charge in [-0.15, -0.1) is 6.42 Å². The van der Waals surface area contributed by atoms with Crippen molar-refractivity contribution in [1.82, 2.24) is 0 Å². The Labute approximate surface area is 75.6 Å². The van der Waals surface area contributed by atoms with Gasteiger partial charge in [-0.1, -0.05) is 5.92 Å². The van der Waals surface area contributed by atoms with Crippen molar-refractivity contribution in [3.63, 3.8) is 0 Å². The average Bonchev–Trinajstić information content (AvgIpc) is 2.15. The van der Waals surface area contributed by atoms with Crippen LogP contribution in [0.4, 0.5) is 0 Å². The molecule has 5 atom stereocenters. The van der Waals surface area contributed by atoms with Gasteiger partial charge in [0.25, 0.3) is 0 Å². The van der Waals surface area contributed by atoms with E-state index in [0.717, 1.165) is 0 Å². The molecule has 1 fully saturated rings. The van der Waals surface area contributed by atoms with E-state index >= 15 is 0 Å². The highest BCUT2D eigenvalue weighted by Gasteiger charge is 2.42. The first-order chi connectivity index (χ1) is 6.11. The van der Waals surface area contributed by atoms with Crippen LogP contribution in [0.5, 0.6) is 0 Å². The molecule has 0 radical (unpaired) electrons. The zero-order chi connectivity index (χ0) is 10.0. The first-order valence-electron chi connectivity index (χ1n) is 3.88. The van der Waals surface area contributed by atoms with E-state index in [4.69, 9.17) is 16.3 Å². The number of hydrogen-bond acceptors (Lipinski definition) is 5. The van der Waals surface area contributed by atoms with Crippen molar-refractivity contribution in [2.45, 2.75) is 30.5 Å². The summed E-state index contributed by atoms with van der Waals surface area (Å²) in [4.78, 5) is 0. The minimum atomic E-state index is -1.38. The summed E-state index contributed by atoms with van der Waals surface area (Å²) in [6, 6.07) is 0. The van der Waals surface area contributed by atoms with Gasteiger partial charge >= 0.3 is 0 Å². The first kappa shape index (κ1) is 10.4. The summed E-state index contributed by atoms with van der Waals surface area (Å²) in [6.07, 6.45) is -0.941. The van der Waals surface area contributed by atoms with Crippen LogP contribution in [-0.4, -0.2) is 57.6 Å². The molecule has 0 saturated carbocycles. The van der Waals surface area contributed by atoms with Crippen molar-refractivity contribution in [2.75, 3.05) is 6.61 Å². The molecule has 0 aliphatic carbocycles. The van der Waals surface area contributed by atoms with Crippen molar-refractivity contribution in [1.29, 1.82) is 0 Å². The standard InChI is InChI=1S/C8H12O5/c1-2-4-6(10)8(12)7(11)5(3-9)13-4/h1,4-12H,3H2/t4-,5-,6-,7+,8+/m0/s1. The molecule has 0 bridgehead atoms. The van der Waals surface area contributed by atoms with Crippen LogP contribution < -0.4 is 0 Å². The van der Waals surface area contributed by atoms with Gasteiger partial charge in [-0.2, -0.15) is 0 Å². The molecule has 1 saturated heterocycles. The quantitative estimate of drug-likeness (QED) is 0.340. The van der Waals surface area contributed by atoms with Crippen LogP contribution in [0.25, 0.3) is 0 Å². The van der Waals surface area contributed by atoms with Crippen LogP contribution in [0.1, 0.15) is 0 Å². The number of aliphatic hydroxyl groups excluding tert-OH is 4. The van der Waals surface area contributed by atoms with Gasteiger partial charge in [0.2, 0.25) is 0 Å². The molecule has 1 rings (SSSR count). The molecule has 0 spiro atoms. The fraction of sp³-hybridized carbons (Fsp3) is 0.750. The van der Waals surface area contributed by atoms with E-state index < -0.39 is 37.1 Å². The zero-order valence-corrected chi connectivity index (χ0v) is 6.87. The monoisotopic (exact) mass is 188 g/mol. The number of rotatable bonds is 1. The Morgan fingerprint density at radius 1 is 1.15 bits per heavy atom. The predicted molar refractivity (Wildman–Crippen MR) is 42.6 cm³/mol. The fourth-order valence-electron chi connectivity index (χ4n) is 1.24. The molecule has 4 N–H and O–H groups in total. The lowest BCUT2D eigenvalue weighted by atomic mass is 9.96. The SMILES string of the molecule is C#C[C@@H]1O[C@@H](CO)[C@@H](O)[C@H](O)[C@H]1O. The van der Waals surface area contributed by atoms with E-state index in [2.05, 4.69) is 5.92 Å². The van der Waals surface area contributed by atoms with Crippen LogP contribution in [0.3, 0.4) is 0 Å². The molecule has 0 amide bonds. The number of aliphatic hydroxyl groups is 4. The molecular weight excluding hydrogens is 176 g/mol. The Balaban J connectivity index is 2.73. The second kappa shape index (κ2) is 4.05. The Bertz CT molecular complexity index is 209. The van der Waals surface area contributed by atoms with Crippen LogP contribution in [0.15, 0.2) is 0 Å². The van der Waals surface area contributed by atoms with E-state index in [1.165, 1.54) is 0 Å². The molecule has 1 aliphatic rings. The maximum Gasteiger partial charge on any atom is 0.146 e. The van der Waals surface area contributed by atoms with Gasteiger partial charge in [0.15, 0.2) is 0 Å². The van der Waals surface area contributed by atoms with Gasteiger partial charge in [-0.3, -0.25) is 0 Å². The molecule has 74 valence electrons. The summed E-state index contributed by atoms with van der Waals surface area (Å²) < 4.78 is 4.93. The third-order valence-corrected chi connectivity index (χ3v) is 2.06. The highest BCUT2D eigenvalue weighted by molar-refractivity contribution is 5.05. The molecule has 5 nitrogen and oxygen atoms in total. The molecule has 1 heterocycles. The Morgan fingerprint density at radius 2 is 1.77 bits per heavy atom. The molecule has 0 aromatic heterocycles. The van der Waals surface area contributed by atoms with Crippen molar-refractivity contribution < 1.29 is 25.2 Å². The van der Waals surface area contributed by atoms with Gasteiger partial charge in [-0.25, -0.2) is 0 Å². The first-order valence-corrected chi connectivity index (χ1v) is 3.88. The molecular formula is C8H12O5. The Morgan fingerprint density at radius 3 is 2.23 bits per heavy atom. The topological polar surface area (TPSA) is 90.2 Å². The van der Waals surface area contributed by atoms with E-state index in [1.54, 1.807) is 0 Å². The Kier molecular flexibility index (Phi) is 3.25. The lowest BCUT2D eigenvalue weighted by Gasteiger charge is -2.37. The number of terminal acetylenes is 1. The molecule has 5 heteroatoms. The molecule has 0 unspecified atom stereocenters. The average molecular weight is 188 g/mol. The van der Waals surface area contributed by atoms with Crippen molar-refractivity contribution in [2.24, 2.45) is 0 Å². The lowest BCUT2D eigenvalue weighted by Crippen LogP contribution is -2.58. The summed E-state index contributed by atoms with van der Waals surface area (Å²) in [5.74, 6) is 2.11. The minimum absolute atomic E-state index is 0.455. The minimum Gasteiger partial charge on any atom is -0.394 e. The van der Waals surface area contributed by atoms with E-state index in [-0.39, 0.29) is 0 Å². The zero-order valence-electron chi connectivity index (χ0n) is 6.87. The second-order valence-electron chi connectivity index (χ2n) is 2.92. The molecule has 1 aliphatic heterocycles. The summed E-state index contributed by atoms with van der Waals surface area (Å²) in [5, 5.41) is 36.5. The van der Waals surface area contributed by atoms with Gasteiger partial charge in [0.05, 0.1) is 6.61 Å². The van der Waals surface area contributed by atoms with E-state index in [9.17, 15) is 15.3 Å². The molecule has 0 aromatic carbocycles. The van der Waals surface area contributed by atoms with Crippen LogP contribution in [0, 0.1) is 12.3 Å². The summed E-state index contributed by atoms with van der Waals surface area (Å²) in [6.45, 7) is -0.455. The largest absolute Gasteiger partial charge is 0.394 e. The van der Waals surface area contributed by atoms with Crippen LogP contribution >= 0.6 is 0 Å². The second-order valence-corrected chi connectivity index (χ2v) is 2.92. The maximum atomic E-state index is 9.26. The molecule has 0 aromatic rings. The van der Waals surface area contributed by atoms with Crippen LogP contribution in [0.2, 0.25) is 0 Å². The number of hydrogen-bond donors (Lipinski definition) is 4. The highest BCUT2D eigenvalue weighted by Crippen LogP contribution is 2.20. The normalized spacial score (nSPS) is 45.6. The van der Waals surface area contributed by atoms with Gasteiger partial charge in [0, 0.05) is 0 Å². The Hall–Kier alpha value is -0.640. The van der Waals surface area contributed by atoms with Crippen molar-refractivity contribution in [3.05, 3.63) is 0 Å². The summed E-state index contributed by atoms with van der Waals surface area (Å²) in [5.41, 5.74) is 0. The lowest BCUT2D eigenvalue weighted by molar-refractivity contribution is -0.214. The van der Waals surface area contributed by atoms with Crippen molar-refractivity contribution >= 4 is 0 Å². The fourth-order valence-corrected chi connectivity index (χ4v) is 1.24.